The van der Waals surface area contributed by atoms with Gasteiger partial charge in [-0.1, -0.05) is 26.0 Å². The van der Waals surface area contributed by atoms with E-state index >= 15 is 0 Å². The van der Waals surface area contributed by atoms with Gasteiger partial charge in [0.25, 0.3) is 5.91 Å². The number of hydrogen-bond acceptors (Lipinski definition) is 3. The molecule has 0 aliphatic heterocycles. The van der Waals surface area contributed by atoms with E-state index in [2.05, 4.69) is 10.6 Å². The molecule has 160 valence electrons. The fourth-order valence-corrected chi connectivity index (χ4v) is 2.49. The topological polar surface area (TPSA) is 87.3 Å². The van der Waals surface area contributed by atoms with Crippen LogP contribution in [0.1, 0.15) is 24.2 Å². The number of benzene rings is 2. The first kappa shape index (κ1) is 22.9. The average Bonchev–Trinajstić information content (AvgIpc) is 2.70. The van der Waals surface area contributed by atoms with Gasteiger partial charge >= 0.3 is 0 Å². The standard InChI is InChI=1S/C20H19F4N3O3/c1-10(2)18(27-19(29)11-5-3-4-6-12(11)21)20(30)25-9-15(28)26-14-8-7-13(22)16(23)17(14)24/h3-8,10,18H,9H2,1-2H3,(H,25,30)(H,26,28)(H,27,29). The molecular weight excluding hydrogens is 406 g/mol. The second-order valence-corrected chi connectivity index (χ2v) is 6.66. The highest BCUT2D eigenvalue weighted by Gasteiger charge is 2.26. The lowest BCUT2D eigenvalue weighted by molar-refractivity contribution is -0.126. The minimum atomic E-state index is -1.74. The largest absolute Gasteiger partial charge is 0.345 e. The molecule has 0 aliphatic carbocycles. The van der Waals surface area contributed by atoms with Crippen LogP contribution in [0.15, 0.2) is 36.4 Å². The first-order valence-corrected chi connectivity index (χ1v) is 8.88. The van der Waals surface area contributed by atoms with Gasteiger partial charge in [-0.15, -0.1) is 0 Å². The van der Waals surface area contributed by atoms with Crippen LogP contribution in [0.3, 0.4) is 0 Å². The van der Waals surface area contributed by atoms with Crippen LogP contribution in [0.2, 0.25) is 0 Å². The maximum Gasteiger partial charge on any atom is 0.254 e. The predicted octanol–water partition coefficient (Wildman–Crippen LogP) is 2.75. The highest BCUT2D eigenvalue weighted by molar-refractivity contribution is 5.99. The highest BCUT2D eigenvalue weighted by atomic mass is 19.2. The number of rotatable bonds is 7. The number of anilines is 1. The van der Waals surface area contributed by atoms with E-state index < -0.39 is 65.2 Å². The number of hydrogen-bond donors (Lipinski definition) is 3. The van der Waals surface area contributed by atoms with E-state index in [1.165, 1.54) is 18.2 Å². The molecule has 2 aromatic carbocycles. The SMILES string of the molecule is CC(C)C(NC(=O)c1ccccc1F)C(=O)NCC(=O)Nc1ccc(F)c(F)c1F. The lowest BCUT2D eigenvalue weighted by Crippen LogP contribution is -2.51. The van der Waals surface area contributed by atoms with Crippen LogP contribution in [0.25, 0.3) is 0 Å². The summed E-state index contributed by atoms with van der Waals surface area (Å²) in [6.07, 6.45) is 0. The van der Waals surface area contributed by atoms with Crippen molar-refractivity contribution < 1.29 is 31.9 Å². The molecule has 10 heteroatoms. The summed E-state index contributed by atoms with van der Waals surface area (Å²) >= 11 is 0. The molecule has 2 aromatic rings. The van der Waals surface area contributed by atoms with Crippen LogP contribution in [0, 0.1) is 29.2 Å². The number of carbonyl (C=O) groups is 3. The van der Waals surface area contributed by atoms with E-state index in [1.54, 1.807) is 13.8 Å². The molecule has 6 nitrogen and oxygen atoms in total. The van der Waals surface area contributed by atoms with Gasteiger partial charge in [-0.05, 0) is 30.2 Å². The third-order valence-electron chi connectivity index (χ3n) is 4.09. The molecule has 0 spiro atoms. The lowest BCUT2D eigenvalue weighted by Gasteiger charge is -2.21. The number of nitrogens with one attached hydrogen (secondary N) is 3. The van der Waals surface area contributed by atoms with E-state index in [4.69, 9.17) is 0 Å². The second kappa shape index (κ2) is 9.86. The van der Waals surface area contributed by atoms with Gasteiger partial charge in [0.2, 0.25) is 11.8 Å². The minimum absolute atomic E-state index is 0.248. The zero-order chi connectivity index (χ0) is 22.4. The molecule has 0 saturated heterocycles. The Morgan fingerprint density at radius 1 is 0.900 bits per heavy atom. The quantitative estimate of drug-likeness (QED) is 0.471. The van der Waals surface area contributed by atoms with Gasteiger partial charge in [-0.25, -0.2) is 17.6 Å². The Labute approximate surface area is 169 Å². The van der Waals surface area contributed by atoms with E-state index in [0.717, 1.165) is 12.1 Å². The Morgan fingerprint density at radius 3 is 2.20 bits per heavy atom. The molecule has 2 rings (SSSR count). The summed E-state index contributed by atoms with van der Waals surface area (Å²) in [7, 11) is 0. The molecule has 3 amide bonds. The molecule has 3 N–H and O–H groups in total. The summed E-state index contributed by atoms with van der Waals surface area (Å²) in [5.41, 5.74) is -0.844. The maximum atomic E-state index is 13.7. The van der Waals surface area contributed by atoms with Crippen molar-refractivity contribution in [2.75, 3.05) is 11.9 Å². The molecule has 1 atom stereocenters. The Kier molecular flexibility index (Phi) is 7.51. The second-order valence-electron chi connectivity index (χ2n) is 6.66. The van der Waals surface area contributed by atoms with Crippen molar-refractivity contribution in [1.82, 2.24) is 10.6 Å². The summed E-state index contributed by atoms with van der Waals surface area (Å²) in [6.45, 7) is 2.63. The molecule has 0 fully saturated rings. The first-order valence-electron chi connectivity index (χ1n) is 8.88. The molecule has 0 heterocycles. The van der Waals surface area contributed by atoms with E-state index in [9.17, 15) is 31.9 Å². The molecule has 0 radical (unpaired) electrons. The summed E-state index contributed by atoms with van der Waals surface area (Å²) in [5.74, 6) is -8.36. The van der Waals surface area contributed by atoms with Crippen molar-refractivity contribution in [1.29, 1.82) is 0 Å². The average molecular weight is 425 g/mol. The van der Waals surface area contributed by atoms with Crippen LogP contribution in [0.5, 0.6) is 0 Å². The fraction of sp³-hybridized carbons (Fsp3) is 0.250. The third kappa shape index (κ3) is 5.56. The van der Waals surface area contributed by atoms with Gasteiger partial charge in [-0.2, -0.15) is 0 Å². The van der Waals surface area contributed by atoms with Crippen LogP contribution in [-0.2, 0) is 9.59 Å². The molecule has 0 aromatic heterocycles. The summed E-state index contributed by atoms with van der Waals surface area (Å²) in [6, 6.07) is 5.60. The van der Waals surface area contributed by atoms with Crippen molar-refractivity contribution in [3.8, 4) is 0 Å². The molecule has 0 aliphatic rings. The van der Waals surface area contributed by atoms with E-state index in [0.29, 0.717) is 6.07 Å². The molecule has 1 unspecified atom stereocenters. The Morgan fingerprint density at radius 2 is 1.57 bits per heavy atom. The summed E-state index contributed by atoms with van der Waals surface area (Å²) in [5, 5.41) is 6.65. The first-order chi connectivity index (χ1) is 14.1. The van der Waals surface area contributed by atoms with Gasteiger partial charge in [0.1, 0.15) is 11.9 Å². The highest BCUT2D eigenvalue weighted by Crippen LogP contribution is 2.19. The van der Waals surface area contributed by atoms with E-state index in [1.807, 2.05) is 5.32 Å². The maximum absolute atomic E-state index is 13.7. The summed E-state index contributed by atoms with van der Waals surface area (Å²) in [4.78, 5) is 36.5. The smallest absolute Gasteiger partial charge is 0.254 e. The Hall–Kier alpha value is -3.43. The number of halogens is 4. The van der Waals surface area contributed by atoms with Gasteiger partial charge in [0.15, 0.2) is 17.5 Å². The lowest BCUT2D eigenvalue weighted by atomic mass is 10.0. The fourth-order valence-electron chi connectivity index (χ4n) is 2.49. The van der Waals surface area contributed by atoms with Crippen molar-refractivity contribution in [2.45, 2.75) is 19.9 Å². The van der Waals surface area contributed by atoms with Crippen LogP contribution in [0.4, 0.5) is 23.2 Å². The Bertz CT molecular complexity index is 966. The minimum Gasteiger partial charge on any atom is -0.345 e. The monoisotopic (exact) mass is 425 g/mol. The normalized spacial score (nSPS) is 11.7. The molecule has 30 heavy (non-hydrogen) atoms. The number of amides is 3. The Balaban J connectivity index is 1.98. The van der Waals surface area contributed by atoms with Crippen molar-refractivity contribution >= 4 is 23.4 Å². The van der Waals surface area contributed by atoms with Gasteiger partial charge < -0.3 is 16.0 Å². The number of carbonyl (C=O) groups excluding carboxylic acids is 3. The molecule has 0 bridgehead atoms. The molecular formula is C20H19F4N3O3. The van der Waals surface area contributed by atoms with Crippen LogP contribution >= 0.6 is 0 Å². The van der Waals surface area contributed by atoms with Crippen molar-refractivity contribution in [2.24, 2.45) is 5.92 Å². The van der Waals surface area contributed by atoms with Gasteiger partial charge in [0, 0.05) is 0 Å². The van der Waals surface area contributed by atoms with Crippen molar-refractivity contribution in [3.05, 3.63) is 65.2 Å². The zero-order valence-electron chi connectivity index (χ0n) is 16.1. The van der Waals surface area contributed by atoms with Gasteiger partial charge in [0.05, 0.1) is 17.8 Å². The predicted molar refractivity (Wildman–Crippen MR) is 100 cm³/mol. The van der Waals surface area contributed by atoms with Crippen molar-refractivity contribution in [3.63, 3.8) is 0 Å². The van der Waals surface area contributed by atoms with E-state index in [-0.39, 0.29) is 5.56 Å². The zero-order valence-corrected chi connectivity index (χ0v) is 16.1. The van der Waals surface area contributed by atoms with Crippen LogP contribution < -0.4 is 16.0 Å². The van der Waals surface area contributed by atoms with Gasteiger partial charge in [-0.3, -0.25) is 14.4 Å². The van der Waals surface area contributed by atoms with Crippen LogP contribution in [-0.4, -0.2) is 30.3 Å². The summed E-state index contributed by atoms with van der Waals surface area (Å²) < 4.78 is 53.5. The molecule has 0 saturated carbocycles. The third-order valence-corrected chi connectivity index (χ3v) is 4.09.